The molecule has 34 heavy (non-hydrogen) atoms. The van der Waals surface area contributed by atoms with E-state index >= 15 is 0 Å². The van der Waals surface area contributed by atoms with Crippen LogP contribution in [0.4, 0.5) is 5.69 Å². The molecule has 2 heterocycles. The van der Waals surface area contributed by atoms with Gasteiger partial charge in [-0.3, -0.25) is 19.1 Å². The minimum absolute atomic E-state index is 0.0178. The van der Waals surface area contributed by atoms with Gasteiger partial charge in [-0.05, 0) is 49.4 Å². The van der Waals surface area contributed by atoms with E-state index in [9.17, 15) is 14.4 Å². The lowest BCUT2D eigenvalue weighted by Crippen LogP contribution is -2.25. The van der Waals surface area contributed by atoms with E-state index in [0.717, 1.165) is 0 Å². The number of anilines is 1. The Kier molecular flexibility index (Phi) is 6.20. The highest BCUT2D eigenvalue weighted by Gasteiger charge is 2.22. The zero-order valence-electron chi connectivity index (χ0n) is 18.3. The fourth-order valence-electron chi connectivity index (χ4n) is 3.46. The third kappa shape index (κ3) is 4.28. The molecule has 172 valence electrons. The van der Waals surface area contributed by atoms with E-state index in [0.29, 0.717) is 17.1 Å². The molecule has 0 fully saturated rings. The van der Waals surface area contributed by atoms with E-state index in [1.54, 1.807) is 42.9 Å². The van der Waals surface area contributed by atoms with Crippen molar-refractivity contribution in [2.75, 3.05) is 5.32 Å². The summed E-state index contributed by atoms with van der Waals surface area (Å²) in [6.07, 6.45) is 1.42. The molecule has 0 spiro atoms. The molecule has 0 atom stereocenters. The second kappa shape index (κ2) is 9.24. The van der Waals surface area contributed by atoms with Crippen molar-refractivity contribution in [3.8, 4) is 17.2 Å². The van der Waals surface area contributed by atoms with Crippen molar-refractivity contribution >= 4 is 29.1 Å². The Balaban J connectivity index is 1.59. The van der Waals surface area contributed by atoms with Gasteiger partial charge in [0.2, 0.25) is 0 Å². The Bertz CT molecular complexity index is 1460. The number of ether oxygens (including phenoxy) is 1. The van der Waals surface area contributed by atoms with E-state index in [4.69, 9.17) is 22.1 Å². The number of primary amides is 1. The number of benzene rings is 2. The second-order valence-corrected chi connectivity index (χ2v) is 7.76. The Morgan fingerprint density at radius 1 is 1.06 bits per heavy atom. The minimum atomic E-state index is -0.741. The van der Waals surface area contributed by atoms with Crippen LogP contribution in [0.2, 0.25) is 5.02 Å². The number of nitrogens with one attached hydrogen (secondary N) is 1. The van der Waals surface area contributed by atoms with Gasteiger partial charge < -0.3 is 15.8 Å². The molecule has 0 bridgehead atoms. The third-order valence-corrected chi connectivity index (χ3v) is 5.49. The number of amides is 2. The Morgan fingerprint density at radius 2 is 1.79 bits per heavy atom. The summed E-state index contributed by atoms with van der Waals surface area (Å²) in [6, 6.07) is 16.7. The zero-order valence-corrected chi connectivity index (χ0v) is 19.0. The van der Waals surface area contributed by atoms with Crippen molar-refractivity contribution < 1.29 is 14.3 Å². The fourth-order valence-corrected chi connectivity index (χ4v) is 3.68. The predicted molar refractivity (Wildman–Crippen MR) is 128 cm³/mol. The molecule has 4 aromatic rings. The number of pyridine rings is 1. The maximum absolute atomic E-state index is 13.0. The van der Waals surface area contributed by atoms with Gasteiger partial charge in [0.25, 0.3) is 17.4 Å². The SMILES string of the molecule is Cc1c(C(=O)Nc2ccc(Oc3cccnc3C(N)=O)c(Cl)c2)c(=O)n(-c2ccccc2)n1C. The molecule has 2 amide bonds. The molecule has 0 saturated heterocycles. The van der Waals surface area contributed by atoms with Crippen molar-refractivity contribution in [2.24, 2.45) is 12.8 Å². The van der Waals surface area contributed by atoms with Crippen LogP contribution in [-0.4, -0.2) is 26.2 Å². The van der Waals surface area contributed by atoms with Gasteiger partial charge in [-0.25, -0.2) is 9.67 Å². The molecule has 0 unspecified atom stereocenters. The highest BCUT2D eigenvalue weighted by atomic mass is 35.5. The molecule has 0 aliphatic carbocycles. The van der Waals surface area contributed by atoms with Crippen molar-refractivity contribution in [1.82, 2.24) is 14.3 Å². The molecular weight excluding hydrogens is 458 g/mol. The van der Waals surface area contributed by atoms with E-state index < -0.39 is 17.4 Å². The van der Waals surface area contributed by atoms with Crippen molar-refractivity contribution in [1.29, 1.82) is 0 Å². The number of carbonyl (C=O) groups is 2. The zero-order chi connectivity index (χ0) is 24.4. The lowest BCUT2D eigenvalue weighted by molar-refractivity contribution is 0.0990. The van der Waals surface area contributed by atoms with Crippen LogP contribution in [-0.2, 0) is 7.05 Å². The van der Waals surface area contributed by atoms with Gasteiger partial charge >= 0.3 is 0 Å². The molecule has 3 N–H and O–H groups in total. The number of rotatable bonds is 6. The van der Waals surface area contributed by atoms with Crippen LogP contribution in [0.15, 0.2) is 71.7 Å². The molecule has 4 rings (SSSR count). The van der Waals surface area contributed by atoms with Crippen LogP contribution in [0.25, 0.3) is 5.69 Å². The van der Waals surface area contributed by atoms with Crippen molar-refractivity contribution in [3.63, 3.8) is 0 Å². The first-order valence-electron chi connectivity index (χ1n) is 10.2. The number of nitrogens with zero attached hydrogens (tertiary/aromatic N) is 3. The maximum Gasteiger partial charge on any atom is 0.284 e. The molecule has 10 heteroatoms. The smallest absolute Gasteiger partial charge is 0.284 e. The second-order valence-electron chi connectivity index (χ2n) is 7.35. The number of para-hydroxylation sites is 1. The third-order valence-electron chi connectivity index (χ3n) is 5.20. The quantitative estimate of drug-likeness (QED) is 0.438. The Labute approximate surface area is 199 Å². The summed E-state index contributed by atoms with van der Waals surface area (Å²) in [7, 11) is 1.71. The van der Waals surface area contributed by atoms with Gasteiger partial charge in [0.15, 0.2) is 11.4 Å². The topological polar surface area (TPSA) is 121 Å². The predicted octanol–water partition coefficient (Wildman–Crippen LogP) is 3.68. The normalized spacial score (nSPS) is 10.7. The van der Waals surface area contributed by atoms with Gasteiger partial charge in [0, 0.05) is 18.9 Å². The molecule has 2 aromatic carbocycles. The van der Waals surface area contributed by atoms with Crippen LogP contribution in [0.5, 0.6) is 11.5 Å². The average molecular weight is 478 g/mol. The molecule has 2 aromatic heterocycles. The highest BCUT2D eigenvalue weighted by Crippen LogP contribution is 2.32. The van der Waals surface area contributed by atoms with Crippen LogP contribution in [0.3, 0.4) is 0 Å². The summed E-state index contributed by atoms with van der Waals surface area (Å²) in [5, 5.41) is 2.87. The van der Waals surface area contributed by atoms with Crippen LogP contribution >= 0.6 is 11.6 Å². The highest BCUT2D eigenvalue weighted by molar-refractivity contribution is 6.32. The number of hydrogen-bond donors (Lipinski definition) is 2. The summed E-state index contributed by atoms with van der Waals surface area (Å²) in [5.41, 5.74) is 6.38. The van der Waals surface area contributed by atoms with Gasteiger partial charge in [0.05, 0.1) is 16.4 Å². The first-order valence-corrected chi connectivity index (χ1v) is 10.5. The lowest BCUT2D eigenvalue weighted by Gasteiger charge is -2.11. The minimum Gasteiger partial charge on any atom is -0.453 e. The largest absolute Gasteiger partial charge is 0.453 e. The van der Waals surface area contributed by atoms with E-state index in [-0.39, 0.29) is 27.8 Å². The number of hydrogen-bond acceptors (Lipinski definition) is 5. The van der Waals surface area contributed by atoms with Crippen molar-refractivity contribution in [2.45, 2.75) is 6.92 Å². The van der Waals surface area contributed by atoms with Crippen LogP contribution < -0.4 is 21.3 Å². The van der Waals surface area contributed by atoms with Gasteiger partial charge in [0.1, 0.15) is 11.3 Å². The summed E-state index contributed by atoms with van der Waals surface area (Å²) in [5.74, 6) is -0.927. The standard InChI is InChI=1S/C24H20ClN5O4/c1-14-20(24(33)30(29(14)2)16-7-4-3-5-8-16)23(32)28-15-10-11-18(17(25)13-15)34-19-9-6-12-27-21(19)22(26)31/h3-13H,1-2H3,(H2,26,31)(H,28,32). The van der Waals surface area contributed by atoms with Crippen LogP contribution in [0.1, 0.15) is 26.5 Å². The molecule has 9 nitrogen and oxygen atoms in total. The Hall–Kier alpha value is -4.37. The molecule has 0 aliphatic heterocycles. The fraction of sp³-hybridized carbons (Fsp3) is 0.0833. The van der Waals surface area contributed by atoms with Gasteiger partial charge in [-0.1, -0.05) is 29.8 Å². The molecular formula is C24H20ClN5O4. The molecule has 0 aliphatic rings. The summed E-state index contributed by atoms with van der Waals surface area (Å²) < 4.78 is 8.74. The number of halogens is 1. The van der Waals surface area contributed by atoms with E-state index in [1.807, 2.05) is 18.2 Å². The lowest BCUT2D eigenvalue weighted by atomic mass is 10.2. The van der Waals surface area contributed by atoms with Crippen LogP contribution in [0, 0.1) is 6.92 Å². The maximum atomic E-state index is 13.0. The Morgan fingerprint density at radius 3 is 2.47 bits per heavy atom. The summed E-state index contributed by atoms with van der Waals surface area (Å²) in [4.78, 5) is 41.5. The molecule has 0 radical (unpaired) electrons. The van der Waals surface area contributed by atoms with Gasteiger partial charge in [-0.2, -0.15) is 0 Å². The summed E-state index contributed by atoms with van der Waals surface area (Å²) >= 11 is 6.33. The molecule has 0 saturated carbocycles. The van der Waals surface area contributed by atoms with Gasteiger partial charge in [-0.15, -0.1) is 0 Å². The summed E-state index contributed by atoms with van der Waals surface area (Å²) in [6.45, 7) is 1.70. The van der Waals surface area contributed by atoms with Crippen molar-refractivity contribution in [3.05, 3.63) is 99.2 Å². The first-order chi connectivity index (χ1) is 16.3. The number of aromatic nitrogens is 3. The number of carbonyl (C=O) groups excluding carboxylic acids is 2. The average Bonchev–Trinajstić information content (AvgIpc) is 3.04. The monoisotopic (exact) mass is 477 g/mol. The first kappa shape index (κ1) is 22.8. The number of nitrogens with two attached hydrogens (primary N) is 1. The van der Waals surface area contributed by atoms with E-state index in [1.165, 1.54) is 29.1 Å². The van der Waals surface area contributed by atoms with E-state index in [2.05, 4.69) is 10.3 Å².